The van der Waals surface area contributed by atoms with Crippen LogP contribution in [0.15, 0.2) is 96.4 Å². The Hall–Kier alpha value is -5.16. The third-order valence-corrected chi connectivity index (χ3v) is 12.9. The first kappa shape index (κ1) is 28.8. The summed E-state index contributed by atoms with van der Waals surface area (Å²) in [6.45, 7) is 0. The summed E-state index contributed by atoms with van der Waals surface area (Å²) in [4.78, 5) is 62.0. The molecule has 4 saturated heterocycles. The molecule has 7 heterocycles. The number of thiophene rings is 1. The molecule has 0 radical (unpaired) electrons. The lowest BCUT2D eigenvalue weighted by Gasteiger charge is -2.48. The number of para-hydroxylation sites is 2. The monoisotopic (exact) mass is 670 g/mol. The van der Waals surface area contributed by atoms with Gasteiger partial charge in [0.15, 0.2) is 0 Å². The standard InChI is InChI=1S/C38H34N6O4S/c45-31-29-19-37(23-12-4-6-14-25(23)41-35(37)43(29)33(47)27(39-31)17-21-9-2-1-3-10-21)38-20-30-32(46)40-28(18-22-11-8-16-49-22)34(48)44(30)36(38)42-26-15-7-5-13-24(26)38/h1-16,27-30,35-36,41-42H,17-20H2,(H,39,45)(H,40,46)/t27-,28-,29-,30-,35+,36+,37-,38-/m0/s1. The summed E-state index contributed by atoms with van der Waals surface area (Å²) in [6.07, 6.45) is 0.345. The van der Waals surface area contributed by atoms with Crippen molar-refractivity contribution in [2.45, 2.75) is 73.0 Å². The van der Waals surface area contributed by atoms with Gasteiger partial charge in [-0.25, -0.2) is 0 Å². The zero-order valence-electron chi connectivity index (χ0n) is 26.5. The largest absolute Gasteiger partial charge is 0.364 e. The van der Waals surface area contributed by atoms with Crippen LogP contribution in [-0.2, 0) is 42.8 Å². The number of carbonyl (C=O) groups is 4. The fraction of sp³-hybridized carbons (Fsp3) is 0.316. The lowest BCUT2D eigenvalue weighted by Crippen LogP contribution is -2.67. The number of fused-ring (bicyclic) bond motifs is 11. The molecule has 11 heteroatoms. The summed E-state index contributed by atoms with van der Waals surface area (Å²) >= 11 is 1.57. The molecule has 1 aromatic heterocycles. The molecular weight excluding hydrogens is 637 g/mol. The number of benzene rings is 3. The van der Waals surface area contributed by atoms with E-state index in [1.165, 1.54) is 0 Å². The smallest absolute Gasteiger partial charge is 0.247 e. The number of hydrogen-bond donors (Lipinski definition) is 4. The van der Waals surface area contributed by atoms with Crippen molar-refractivity contribution in [3.63, 3.8) is 0 Å². The number of hydrogen-bond acceptors (Lipinski definition) is 7. The van der Waals surface area contributed by atoms with E-state index < -0.39 is 47.3 Å². The van der Waals surface area contributed by atoms with Crippen molar-refractivity contribution in [2.75, 3.05) is 10.6 Å². The van der Waals surface area contributed by atoms with Crippen LogP contribution in [0, 0.1) is 0 Å². The van der Waals surface area contributed by atoms with Crippen LogP contribution in [0.25, 0.3) is 0 Å². The zero-order valence-corrected chi connectivity index (χ0v) is 27.3. The lowest BCUT2D eigenvalue weighted by molar-refractivity contribution is -0.149. The van der Waals surface area contributed by atoms with Crippen LogP contribution < -0.4 is 21.3 Å². The number of amides is 4. The van der Waals surface area contributed by atoms with Crippen molar-refractivity contribution in [3.8, 4) is 0 Å². The molecule has 4 aromatic rings. The zero-order chi connectivity index (χ0) is 33.1. The molecule has 4 fully saturated rings. The van der Waals surface area contributed by atoms with E-state index in [-0.39, 0.29) is 23.6 Å². The van der Waals surface area contributed by atoms with Crippen LogP contribution >= 0.6 is 11.3 Å². The Kier molecular flexibility index (Phi) is 5.99. The second-order valence-corrected chi connectivity index (χ2v) is 15.2. The molecule has 246 valence electrons. The summed E-state index contributed by atoms with van der Waals surface area (Å²) < 4.78 is 0. The molecule has 6 aliphatic heterocycles. The minimum atomic E-state index is -0.853. The van der Waals surface area contributed by atoms with Crippen molar-refractivity contribution >= 4 is 46.3 Å². The first-order chi connectivity index (χ1) is 23.9. The second-order valence-electron chi connectivity index (χ2n) is 14.2. The van der Waals surface area contributed by atoms with Crippen molar-refractivity contribution in [1.29, 1.82) is 0 Å². The number of rotatable bonds is 5. The fourth-order valence-corrected chi connectivity index (χ4v) is 10.9. The van der Waals surface area contributed by atoms with Gasteiger partial charge in [-0.3, -0.25) is 19.2 Å². The molecular formula is C38H34N6O4S. The number of piperazine rings is 2. The molecule has 0 saturated carbocycles. The Balaban J connectivity index is 1.14. The highest BCUT2D eigenvalue weighted by atomic mass is 32.1. The topological polar surface area (TPSA) is 123 Å². The number of anilines is 2. The summed E-state index contributed by atoms with van der Waals surface area (Å²) in [6, 6.07) is 27.0. The van der Waals surface area contributed by atoms with Gasteiger partial charge in [-0.2, -0.15) is 0 Å². The molecule has 10 rings (SSSR count). The maximum Gasteiger partial charge on any atom is 0.247 e. The van der Waals surface area contributed by atoms with Gasteiger partial charge in [-0.1, -0.05) is 72.8 Å². The first-order valence-corrected chi connectivity index (χ1v) is 17.8. The molecule has 4 amide bonds. The maximum atomic E-state index is 14.6. The molecule has 0 aliphatic carbocycles. The molecule has 0 spiro atoms. The summed E-state index contributed by atoms with van der Waals surface area (Å²) in [5.41, 5.74) is 3.07. The molecule has 6 aliphatic rings. The van der Waals surface area contributed by atoms with E-state index in [0.717, 1.165) is 32.9 Å². The van der Waals surface area contributed by atoms with Crippen molar-refractivity contribution in [2.24, 2.45) is 0 Å². The predicted octanol–water partition coefficient (Wildman–Crippen LogP) is 3.11. The minimum absolute atomic E-state index is 0.121. The fourth-order valence-electron chi connectivity index (χ4n) is 10.2. The Morgan fingerprint density at radius 3 is 1.63 bits per heavy atom. The number of carbonyl (C=O) groups excluding carboxylic acids is 4. The van der Waals surface area contributed by atoms with Crippen LogP contribution in [0.3, 0.4) is 0 Å². The van der Waals surface area contributed by atoms with E-state index in [9.17, 15) is 19.2 Å². The van der Waals surface area contributed by atoms with E-state index in [4.69, 9.17) is 0 Å². The van der Waals surface area contributed by atoms with Gasteiger partial charge in [-0.15, -0.1) is 11.3 Å². The summed E-state index contributed by atoms with van der Waals surface area (Å²) in [7, 11) is 0. The number of nitrogens with one attached hydrogen (secondary N) is 4. The lowest BCUT2D eigenvalue weighted by atomic mass is 9.54. The van der Waals surface area contributed by atoms with Gasteiger partial charge >= 0.3 is 0 Å². The van der Waals surface area contributed by atoms with Gasteiger partial charge in [-0.05, 0) is 53.1 Å². The normalized spacial score (nSPS) is 33.4. The van der Waals surface area contributed by atoms with Gasteiger partial charge < -0.3 is 31.1 Å². The minimum Gasteiger partial charge on any atom is -0.364 e. The van der Waals surface area contributed by atoms with Gasteiger partial charge in [0.2, 0.25) is 23.6 Å². The number of nitrogens with zero attached hydrogens (tertiary/aromatic N) is 2. The highest BCUT2D eigenvalue weighted by Gasteiger charge is 2.78. The average Bonchev–Trinajstić information content (AvgIpc) is 3.92. The van der Waals surface area contributed by atoms with Crippen molar-refractivity contribution < 1.29 is 19.2 Å². The van der Waals surface area contributed by atoms with Crippen LogP contribution in [0.1, 0.15) is 34.4 Å². The molecule has 10 nitrogen and oxygen atoms in total. The van der Waals surface area contributed by atoms with Crippen LogP contribution in [-0.4, -0.2) is 69.9 Å². The van der Waals surface area contributed by atoms with Gasteiger partial charge in [0, 0.05) is 29.1 Å². The quantitative estimate of drug-likeness (QED) is 0.259. The van der Waals surface area contributed by atoms with Crippen LogP contribution in [0.4, 0.5) is 11.4 Å². The second kappa shape index (κ2) is 10.2. The van der Waals surface area contributed by atoms with Crippen LogP contribution in [0.5, 0.6) is 0 Å². The maximum absolute atomic E-state index is 14.6. The molecule has 49 heavy (non-hydrogen) atoms. The predicted molar refractivity (Wildman–Crippen MR) is 184 cm³/mol. The van der Waals surface area contributed by atoms with E-state index in [1.807, 2.05) is 84.2 Å². The van der Waals surface area contributed by atoms with E-state index in [0.29, 0.717) is 25.7 Å². The Morgan fingerprint density at radius 1 is 0.592 bits per heavy atom. The molecule has 0 bridgehead atoms. The van der Waals surface area contributed by atoms with E-state index in [1.54, 1.807) is 21.1 Å². The molecule has 4 N–H and O–H groups in total. The highest BCUT2D eigenvalue weighted by molar-refractivity contribution is 7.09. The van der Waals surface area contributed by atoms with Gasteiger partial charge in [0.25, 0.3) is 0 Å². The van der Waals surface area contributed by atoms with Crippen molar-refractivity contribution in [3.05, 3.63) is 118 Å². The third kappa shape index (κ3) is 3.71. The Morgan fingerprint density at radius 2 is 1.10 bits per heavy atom. The average molecular weight is 671 g/mol. The van der Waals surface area contributed by atoms with Crippen molar-refractivity contribution in [1.82, 2.24) is 20.4 Å². The Bertz CT molecular complexity index is 2060. The van der Waals surface area contributed by atoms with Crippen LogP contribution in [0.2, 0.25) is 0 Å². The molecule has 8 atom stereocenters. The molecule has 3 aromatic carbocycles. The molecule has 0 unspecified atom stereocenters. The Labute approximate surface area is 286 Å². The third-order valence-electron chi connectivity index (χ3n) is 12.0. The van der Waals surface area contributed by atoms with E-state index >= 15 is 0 Å². The SMILES string of the molecule is O=C1N[C@@H](Cc2ccccc2)C(=O)N2[C@H]3Nc4ccccc4[C@@]3([C@]34C[C@H]5C(=O)N[C@@H](Cc6cccs6)C(=O)N5[C@H]3Nc3ccccc34)C[C@@H]12. The summed E-state index contributed by atoms with van der Waals surface area (Å²) in [5.74, 6) is -0.603. The van der Waals surface area contributed by atoms with Gasteiger partial charge in [0.05, 0.1) is 10.8 Å². The van der Waals surface area contributed by atoms with E-state index in [2.05, 4.69) is 33.4 Å². The highest BCUT2D eigenvalue weighted by Crippen LogP contribution is 2.68. The summed E-state index contributed by atoms with van der Waals surface area (Å²) in [5, 5.41) is 15.6. The first-order valence-electron chi connectivity index (χ1n) is 16.9. The van der Waals surface area contributed by atoms with Gasteiger partial charge in [0.1, 0.15) is 36.5 Å².